The molecule has 2 rings (SSSR count). The number of ether oxygens (including phenoxy) is 1. The molecule has 0 aliphatic heterocycles. The SMILES string of the molecule is Cc1cc(C)c(OCC(=O)Nc2c(C)cc(N)cc2C)c(Cl)c1. The van der Waals surface area contributed by atoms with E-state index in [4.69, 9.17) is 22.1 Å². The molecule has 0 saturated carbocycles. The highest BCUT2D eigenvalue weighted by molar-refractivity contribution is 6.32. The van der Waals surface area contributed by atoms with Gasteiger partial charge < -0.3 is 15.8 Å². The number of rotatable bonds is 4. The molecular formula is C18H21ClN2O2. The zero-order valence-corrected chi connectivity index (χ0v) is 14.5. The molecular weight excluding hydrogens is 312 g/mol. The molecule has 1 amide bonds. The van der Waals surface area contributed by atoms with Crippen molar-refractivity contribution in [2.45, 2.75) is 27.7 Å². The third-order valence-corrected chi connectivity index (χ3v) is 3.82. The van der Waals surface area contributed by atoms with E-state index in [-0.39, 0.29) is 12.5 Å². The molecule has 0 fully saturated rings. The molecule has 23 heavy (non-hydrogen) atoms. The summed E-state index contributed by atoms with van der Waals surface area (Å²) in [5.41, 5.74) is 11.0. The van der Waals surface area contributed by atoms with Gasteiger partial charge in [-0.15, -0.1) is 0 Å². The lowest BCUT2D eigenvalue weighted by molar-refractivity contribution is -0.118. The van der Waals surface area contributed by atoms with E-state index in [1.54, 1.807) is 0 Å². The molecule has 122 valence electrons. The summed E-state index contributed by atoms with van der Waals surface area (Å²) in [6, 6.07) is 7.43. The number of hydrogen-bond donors (Lipinski definition) is 2. The molecule has 0 spiro atoms. The van der Waals surface area contributed by atoms with Crippen molar-refractivity contribution in [2.75, 3.05) is 17.7 Å². The number of anilines is 2. The lowest BCUT2D eigenvalue weighted by Gasteiger charge is -2.14. The van der Waals surface area contributed by atoms with Crippen LogP contribution in [0.3, 0.4) is 0 Å². The maximum Gasteiger partial charge on any atom is 0.262 e. The van der Waals surface area contributed by atoms with Gasteiger partial charge in [0.15, 0.2) is 6.61 Å². The van der Waals surface area contributed by atoms with Gasteiger partial charge in [0.25, 0.3) is 5.91 Å². The summed E-state index contributed by atoms with van der Waals surface area (Å²) in [5, 5.41) is 3.37. The van der Waals surface area contributed by atoms with E-state index in [1.807, 2.05) is 52.0 Å². The monoisotopic (exact) mass is 332 g/mol. The molecule has 0 heterocycles. The number of aryl methyl sites for hydroxylation is 4. The van der Waals surface area contributed by atoms with Crippen molar-refractivity contribution >= 4 is 28.9 Å². The minimum Gasteiger partial charge on any atom is -0.482 e. The first-order valence-corrected chi connectivity index (χ1v) is 7.72. The number of carbonyl (C=O) groups is 1. The number of amides is 1. The second-order valence-corrected chi connectivity index (χ2v) is 6.17. The first-order valence-electron chi connectivity index (χ1n) is 7.34. The predicted octanol–water partition coefficient (Wildman–Crippen LogP) is 4.17. The van der Waals surface area contributed by atoms with Crippen molar-refractivity contribution in [3.05, 3.63) is 51.5 Å². The number of nitrogens with one attached hydrogen (secondary N) is 1. The standard InChI is InChI=1S/C18H21ClN2O2/c1-10-5-13(4)18(15(19)6-10)23-9-16(22)21-17-11(2)7-14(20)8-12(17)3/h5-8H,9,20H2,1-4H3,(H,21,22). The van der Waals surface area contributed by atoms with Gasteiger partial charge in [-0.3, -0.25) is 4.79 Å². The van der Waals surface area contributed by atoms with Gasteiger partial charge in [0.05, 0.1) is 5.02 Å². The van der Waals surface area contributed by atoms with E-state index < -0.39 is 0 Å². The molecule has 0 unspecified atom stereocenters. The molecule has 0 aromatic heterocycles. The van der Waals surface area contributed by atoms with Gasteiger partial charge in [-0.2, -0.15) is 0 Å². The second kappa shape index (κ2) is 6.92. The van der Waals surface area contributed by atoms with Crippen molar-refractivity contribution in [1.29, 1.82) is 0 Å². The van der Waals surface area contributed by atoms with E-state index in [2.05, 4.69) is 5.32 Å². The lowest BCUT2D eigenvalue weighted by atomic mass is 10.1. The molecule has 4 nitrogen and oxygen atoms in total. The van der Waals surface area contributed by atoms with Gasteiger partial charge in [-0.05, 0) is 68.1 Å². The lowest BCUT2D eigenvalue weighted by Crippen LogP contribution is -2.21. The van der Waals surface area contributed by atoms with Crippen LogP contribution in [0.5, 0.6) is 5.75 Å². The Balaban J connectivity index is 2.07. The van der Waals surface area contributed by atoms with Crippen LogP contribution in [0.25, 0.3) is 0 Å². The van der Waals surface area contributed by atoms with E-state index in [0.717, 1.165) is 27.9 Å². The smallest absolute Gasteiger partial charge is 0.262 e. The average molecular weight is 333 g/mol. The van der Waals surface area contributed by atoms with Crippen molar-refractivity contribution in [1.82, 2.24) is 0 Å². The Labute approximate surface area is 141 Å². The molecule has 3 N–H and O–H groups in total. The topological polar surface area (TPSA) is 64.3 Å². The number of hydrogen-bond acceptors (Lipinski definition) is 3. The van der Waals surface area contributed by atoms with E-state index in [9.17, 15) is 4.79 Å². The summed E-state index contributed by atoms with van der Waals surface area (Å²) in [6.45, 7) is 7.57. The second-order valence-electron chi connectivity index (χ2n) is 5.76. The summed E-state index contributed by atoms with van der Waals surface area (Å²) in [6.07, 6.45) is 0. The Hall–Kier alpha value is -2.20. The minimum absolute atomic E-state index is 0.104. The summed E-state index contributed by atoms with van der Waals surface area (Å²) in [4.78, 5) is 12.2. The van der Waals surface area contributed by atoms with Crippen molar-refractivity contribution in [3.8, 4) is 5.75 Å². The zero-order valence-electron chi connectivity index (χ0n) is 13.8. The van der Waals surface area contributed by atoms with Crippen LogP contribution in [0.1, 0.15) is 22.3 Å². The molecule has 0 radical (unpaired) electrons. The number of nitrogens with two attached hydrogens (primary N) is 1. The minimum atomic E-state index is -0.239. The molecule has 0 saturated heterocycles. The molecule has 0 bridgehead atoms. The van der Waals surface area contributed by atoms with Crippen LogP contribution in [0, 0.1) is 27.7 Å². The summed E-state index contributed by atoms with van der Waals surface area (Å²) < 4.78 is 5.59. The number of benzene rings is 2. The van der Waals surface area contributed by atoms with Gasteiger partial charge in [-0.1, -0.05) is 17.7 Å². The van der Waals surface area contributed by atoms with Crippen LogP contribution in [0.4, 0.5) is 11.4 Å². The van der Waals surface area contributed by atoms with E-state index in [1.165, 1.54) is 0 Å². The van der Waals surface area contributed by atoms with Crippen LogP contribution in [-0.4, -0.2) is 12.5 Å². The predicted molar refractivity (Wildman–Crippen MR) is 95.4 cm³/mol. The summed E-state index contributed by atoms with van der Waals surface area (Å²) in [5.74, 6) is 0.301. The maximum absolute atomic E-state index is 12.2. The quantitative estimate of drug-likeness (QED) is 0.826. The van der Waals surface area contributed by atoms with Crippen LogP contribution in [-0.2, 0) is 4.79 Å². The Morgan fingerprint density at radius 2 is 1.70 bits per heavy atom. The molecule has 0 atom stereocenters. The van der Waals surface area contributed by atoms with Gasteiger partial charge in [-0.25, -0.2) is 0 Å². The maximum atomic E-state index is 12.2. The van der Waals surface area contributed by atoms with Crippen molar-refractivity contribution < 1.29 is 9.53 Å². The average Bonchev–Trinajstić information content (AvgIpc) is 2.41. The van der Waals surface area contributed by atoms with Crippen LogP contribution in [0.15, 0.2) is 24.3 Å². The normalized spacial score (nSPS) is 10.5. The van der Waals surface area contributed by atoms with E-state index >= 15 is 0 Å². The number of halogens is 1. The van der Waals surface area contributed by atoms with Crippen LogP contribution >= 0.6 is 11.6 Å². The molecule has 0 aliphatic rings. The highest BCUT2D eigenvalue weighted by atomic mass is 35.5. The summed E-state index contributed by atoms with van der Waals surface area (Å²) >= 11 is 6.18. The number of nitrogen functional groups attached to an aromatic ring is 1. The van der Waals surface area contributed by atoms with Gasteiger partial charge in [0.2, 0.25) is 0 Å². The molecule has 2 aromatic carbocycles. The van der Waals surface area contributed by atoms with Crippen molar-refractivity contribution in [3.63, 3.8) is 0 Å². The Bertz CT molecular complexity index is 711. The fourth-order valence-electron chi connectivity index (χ4n) is 2.59. The van der Waals surface area contributed by atoms with Crippen molar-refractivity contribution in [2.24, 2.45) is 0 Å². The summed E-state index contributed by atoms with van der Waals surface area (Å²) in [7, 11) is 0. The van der Waals surface area contributed by atoms with Crippen LogP contribution in [0.2, 0.25) is 5.02 Å². The molecule has 5 heteroatoms. The first-order chi connectivity index (χ1) is 10.8. The van der Waals surface area contributed by atoms with Crippen LogP contribution < -0.4 is 15.8 Å². The Kier molecular flexibility index (Phi) is 5.16. The molecule has 0 aliphatic carbocycles. The fraction of sp³-hybridized carbons (Fsp3) is 0.278. The highest BCUT2D eigenvalue weighted by Crippen LogP contribution is 2.30. The largest absolute Gasteiger partial charge is 0.482 e. The first kappa shape index (κ1) is 17.2. The van der Waals surface area contributed by atoms with Gasteiger partial charge in [0.1, 0.15) is 5.75 Å². The third kappa shape index (κ3) is 4.17. The Morgan fingerprint density at radius 3 is 2.26 bits per heavy atom. The molecule has 2 aromatic rings. The van der Waals surface area contributed by atoms with Gasteiger partial charge in [0, 0.05) is 11.4 Å². The van der Waals surface area contributed by atoms with E-state index in [0.29, 0.717) is 16.5 Å². The number of carbonyl (C=O) groups excluding carboxylic acids is 1. The fourth-order valence-corrected chi connectivity index (χ4v) is 2.97. The highest BCUT2D eigenvalue weighted by Gasteiger charge is 2.12. The Morgan fingerprint density at radius 1 is 1.09 bits per heavy atom. The zero-order chi connectivity index (χ0) is 17.1. The van der Waals surface area contributed by atoms with Gasteiger partial charge >= 0.3 is 0 Å². The third-order valence-electron chi connectivity index (χ3n) is 3.54.